The molecule has 1 aliphatic rings. The number of hydrogen-bond acceptors (Lipinski definition) is 6. The van der Waals surface area contributed by atoms with Crippen LogP contribution in [0.1, 0.15) is 35.5 Å². The van der Waals surface area contributed by atoms with Crippen LogP contribution in [0.15, 0.2) is 47.8 Å². The first-order valence-corrected chi connectivity index (χ1v) is 12.1. The van der Waals surface area contributed by atoms with Gasteiger partial charge in [-0.3, -0.25) is 9.78 Å². The van der Waals surface area contributed by atoms with Crippen LogP contribution in [0.25, 0.3) is 5.69 Å². The fourth-order valence-electron chi connectivity index (χ4n) is 3.52. The molecule has 0 radical (unpaired) electrons. The summed E-state index contributed by atoms with van der Waals surface area (Å²) in [5.74, 6) is -1.88. The summed E-state index contributed by atoms with van der Waals surface area (Å²) in [7, 11) is -3.73. The van der Waals surface area contributed by atoms with Crippen molar-refractivity contribution < 1.29 is 35.5 Å². The zero-order chi connectivity index (χ0) is 25.5. The Labute approximate surface area is 198 Å². The summed E-state index contributed by atoms with van der Waals surface area (Å²) in [5.41, 5.74) is 1.23. The highest BCUT2D eigenvalue weighted by atomic mass is 32.2. The van der Waals surface area contributed by atoms with E-state index >= 15 is 0 Å². The molecule has 2 aromatic heterocycles. The largest absolute Gasteiger partial charge is 0.480 e. The molecule has 0 aliphatic carbocycles. The Bertz CT molecular complexity index is 1360. The van der Waals surface area contributed by atoms with Crippen LogP contribution < -0.4 is 4.74 Å². The predicted octanol–water partition coefficient (Wildman–Crippen LogP) is 3.69. The second-order valence-electron chi connectivity index (χ2n) is 7.93. The smallest absolute Gasteiger partial charge is 0.425 e. The van der Waals surface area contributed by atoms with Crippen molar-refractivity contribution in [3.63, 3.8) is 0 Å². The molecule has 186 valence electrons. The zero-order valence-corrected chi connectivity index (χ0v) is 19.4. The van der Waals surface area contributed by atoms with Crippen molar-refractivity contribution in [2.75, 3.05) is 5.75 Å². The fourth-order valence-corrected chi connectivity index (χ4v) is 4.43. The van der Waals surface area contributed by atoms with E-state index in [-0.39, 0.29) is 35.1 Å². The molecule has 0 saturated carbocycles. The van der Waals surface area contributed by atoms with Crippen molar-refractivity contribution in [2.24, 2.45) is 0 Å². The van der Waals surface area contributed by atoms with E-state index in [1.165, 1.54) is 28.8 Å². The number of rotatable bonds is 6. The minimum Gasteiger partial charge on any atom is -0.480 e. The number of hydrogen-bond donors (Lipinski definition) is 0. The van der Waals surface area contributed by atoms with Crippen LogP contribution in [-0.2, 0) is 22.9 Å². The van der Waals surface area contributed by atoms with Gasteiger partial charge in [0.05, 0.1) is 46.5 Å². The number of carbonyl (C=O) groups is 1. The Morgan fingerprint density at radius 2 is 1.94 bits per heavy atom. The van der Waals surface area contributed by atoms with Gasteiger partial charge in [0.1, 0.15) is 11.6 Å². The number of fused-ring (bicyclic) bond motifs is 1. The standard InChI is InChI=1S/C22H20F4N4O4S/c1-3-35(32,33)17-4-5-20(34-13(2)22(24,25)26)18(7-17)21(31)29-10-14-11-30(28-19(14)12-29)16-6-15(23)8-27-9-16/h4-9,11,13H,3,10,12H2,1-2H3/t13-/m0/s1. The second-order valence-corrected chi connectivity index (χ2v) is 10.2. The van der Waals surface area contributed by atoms with Crippen LogP contribution in [0.4, 0.5) is 17.6 Å². The highest BCUT2D eigenvalue weighted by Crippen LogP contribution is 2.32. The molecule has 1 amide bonds. The average Bonchev–Trinajstić information content (AvgIpc) is 3.38. The maximum atomic E-state index is 13.5. The van der Waals surface area contributed by atoms with Gasteiger partial charge in [-0.2, -0.15) is 18.3 Å². The third-order valence-corrected chi connectivity index (χ3v) is 7.24. The lowest BCUT2D eigenvalue weighted by Gasteiger charge is -2.22. The van der Waals surface area contributed by atoms with Gasteiger partial charge >= 0.3 is 6.18 Å². The summed E-state index contributed by atoms with van der Waals surface area (Å²) in [6.45, 7) is 2.29. The number of nitrogens with zero attached hydrogens (tertiary/aromatic N) is 4. The molecule has 0 bridgehead atoms. The Hall–Kier alpha value is -3.48. The molecule has 0 fully saturated rings. The lowest BCUT2D eigenvalue weighted by atomic mass is 10.1. The van der Waals surface area contributed by atoms with Gasteiger partial charge in [-0.15, -0.1) is 0 Å². The Balaban J connectivity index is 1.63. The van der Waals surface area contributed by atoms with E-state index in [0.717, 1.165) is 31.3 Å². The van der Waals surface area contributed by atoms with Gasteiger partial charge in [0, 0.05) is 24.4 Å². The van der Waals surface area contributed by atoms with Gasteiger partial charge in [-0.25, -0.2) is 17.5 Å². The molecule has 0 N–H and O–H groups in total. The first kappa shape index (κ1) is 24.6. The van der Waals surface area contributed by atoms with Crippen molar-refractivity contribution in [1.82, 2.24) is 19.7 Å². The van der Waals surface area contributed by atoms with E-state index in [1.54, 1.807) is 6.20 Å². The minimum atomic E-state index is -4.69. The average molecular weight is 512 g/mol. The topological polar surface area (TPSA) is 94.4 Å². The molecule has 0 unspecified atom stereocenters. The first-order chi connectivity index (χ1) is 16.4. The van der Waals surface area contributed by atoms with E-state index in [1.807, 2.05) is 0 Å². The van der Waals surface area contributed by atoms with Gasteiger partial charge < -0.3 is 9.64 Å². The van der Waals surface area contributed by atoms with Gasteiger partial charge in [0.25, 0.3) is 5.91 Å². The van der Waals surface area contributed by atoms with Crippen LogP contribution >= 0.6 is 0 Å². The second kappa shape index (κ2) is 8.95. The van der Waals surface area contributed by atoms with Crippen LogP contribution in [0.2, 0.25) is 0 Å². The lowest BCUT2D eigenvalue weighted by Crippen LogP contribution is -2.33. The molecule has 35 heavy (non-hydrogen) atoms. The number of amides is 1. The van der Waals surface area contributed by atoms with Crippen LogP contribution in [0.5, 0.6) is 5.75 Å². The SMILES string of the molecule is CCS(=O)(=O)c1ccc(O[C@@H](C)C(F)(F)F)c(C(=O)N2Cc3cn(-c4cncc(F)c4)nc3C2)c1. The van der Waals surface area contributed by atoms with E-state index in [0.29, 0.717) is 16.9 Å². The molecule has 1 atom stereocenters. The number of aromatic nitrogens is 3. The normalized spacial score (nSPS) is 14.6. The molecule has 4 rings (SSSR count). The van der Waals surface area contributed by atoms with E-state index in [2.05, 4.69) is 10.1 Å². The Morgan fingerprint density at radius 1 is 1.20 bits per heavy atom. The number of pyridine rings is 1. The summed E-state index contributed by atoms with van der Waals surface area (Å²) >= 11 is 0. The van der Waals surface area contributed by atoms with Gasteiger partial charge in [0.15, 0.2) is 15.9 Å². The number of sulfone groups is 1. The highest BCUT2D eigenvalue weighted by Gasteiger charge is 2.39. The Morgan fingerprint density at radius 3 is 2.57 bits per heavy atom. The number of carbonyl (C=O) groups excluding carboxylic acids is 1. The molecule has 1 aliphatic heterocycles. The molecule has 8 nitrogen and oxygen atoms in total. The summed E-state index contributed by atoms with van der Waals surface area (Å²) < 4.78 is 83.8. The quantitative estimate of drug-likeness (QED) is 0.468. The minimum absolute atomic E-state index is 0.0168. The summed E-state index contributed by atoms with van der Waals surface area (Å²) in [6, 6.07) is 4.45. The van der Waals surface area contributed by atoms with E-state index in [4.69, 9.17) is 4.74 Å². The van der Waals surface area contributed by atoms with Crippen LogP contribution in [-0.4, -0.2) is 52.0 Å². The van der Waals surface area contributed by atoms with Crippen molar-refractivity contribution in [3.8, 4) is 11.4 Å². The molecule has 3 heterocycles. The summed E-state index contributed by atoms with van der Waals surface area (Å²) in [5, 5.41) is 4.34. The lowest BCUT2D eigenvalue weighted by molar-refractivity contribution is -0.189. The van der Waals surface area contributed by atoms with Gasteiger partial charge in [-0.05, 0) is 25.1 Å². The molecular weight excluding hydrogens is 492 g/mol. The van der Waals surface area contributed by atoms with Gasteiger partial charge in [-0.1, -0.05) is 6.92 Å². The maximum absolute atomic E-state index is 13.5. The van der Waals surface area contributed by atoms with Crippen molar-refractivity contribution in [1.29, 1.82) is 0 Å². The molecule has 0 saturated heterocycles. The number of ether oxygens (including phenoxy) is 1. The summed E-state index contributed by atoms with van der Waals surface area (Å²) in [4.78, 5) is 18.2. The van der Waals surface area contributed by atoms with Crippen LogP contribution in [0, 0.1) is 5.82 Å². The zero-order valence-electron chi connectivity index (χ0n) is 18.6. The number of benzene rings is 1. The molecular formula is C22H20F4N4O4S. The first-order valence-electron chi connectivity index (χ1n) is 10.5. The van der Waals surface area contributed by atoms with Gasteiger partial charge in [0.2, 0.25) is 0 Å². The third-order valence-electron chi connectivity index (χ3n) is 5.51. The molecule has 3 aromatic rings. The molecule has 13 heteroatoms. The Kier molecular flexibility index (Phi) is 6.30. The monoisotopic (exact) mass is 512 g/mol. The molecule has 1 aromatic carbocycles. The number of alkyl halides is 3. The van der Waals surface area contributed by atoms with E-state index < -0.39 is 33.8 Å². The fraction of sp³-hybridized carbons (Fsp3) is 0.318. The predicted molar refractivity (Wildman–Crippen MR) is 115 cm³/mol. The maximum Gasteiger partial charge on any atom is 0.425 e. The van der Waals surface area contributed by atoms with Crippen molar-refractivity contribution >= 4 is 15.7 Å². The van der Waals surface area contributed by atoms with Crippen LogP contribution in [0.3, 0.4) is 0 Å². The van der Waals surface area contributed by atoms with Crippen molar-refractivity contribution in [2.45, 2.75) is 44.1 Å². The summed E-state index contributed by atoms with van der Waals surface area (Å²) in [6.07, 6.45) is -2.85. The highest BCUT2D eigenvalue weighted by molar-refractivity contribution is 7.91. The molecule has 0 spiro atoms. The van der Waals surface area contributed by atoms with E-state index in [9.17, 15) is 30.8 Å². The van der Waals surface area contributed by atoms with Crippen molar-refractivity contribution in [3.05, 3.63) is 65.5 Å². The third kappa shape index (κ3) is 4.99. The number of halogens is 4.